The predicted molar refractivity (Wildman–Crippen MR) is 136 cm³/mol. The molecule has 32 heavy (non-hydrogen) atoms. The standard InChI is InChI=1S/C24H32N2O3S.C2H6/c1-17(22(27)26-30-5)15-21(25-23(28)29-24(2,3)4)16-18-11-13-20(14-12-18)19-9-7-6-8-10-19;1-2/h6-14,17,21H,15-16H2,1-5H3,(H,25,28)(H,26,27);1-2H3/t17-,21?;/m1./s1. The fraction of sp³-hybridized carbons (Fsp3) is 0.462. The van der Waals surface area contributed by atoms with Crippen LogP contribution < -0.4 is 10.0 Å². The summed E-state index contributed by atoms with van der Waals surface area (Å²) in [4.78, 5) is 24.5. The number of ether oxygens (including phenoxy) is 1. The van der Waals surface area contributed by atoms with Crippen molar-refractivity contribution >= 4 is 23.9 Å². The van der Waals surface area contributed by atoms with Gasteiger partial charge in [0.2, 0.25) is 5.91 Å². The summed E-state index contributed by atoms with van der Waals surface area (Å²) < 4.78 is 8.18. The maximum absolute atomic E-state index is 12.3. The summed E-state index contributed by atoms with van der Waals surface area (Å²) in [6.07, 6.45) is 2.48. The van der Waals surface area contributed by atoms with E-state index >= 15 is 0 Å². The summed E-state index contributed by atoms with van der Waals surface area (Å²) in [5, 5.41) is 2.95. The number of amides is 2. The molecule has 2 amide bonds. The van der Waals surface area contributed by atoms with Crippen LogP contribution in [0.25, 0.3) is 11.1 Å². The third kappa shape index (κ3) is 10.2. The number of carbonyl (C=O) groups excluding carboxylic acids is 2. The Balaban J connectivity index is 0.00000249. The number of hydrogen-bond acceptors (Lipinski definition) is 4. The minimum absolute atomic E-state index is 0.0436. The van der Waals surface area contributed by atoms with Crippen molar-refractivity contribution in [2.24, 2.45) is 5.92 Å². The summed E-state index contributed by atoms with van der Waals surface area (Å²) in [7, 11) is 0. The molecule has 2 aromatic rings. The fourth-order valence-corrected chi connectivity index (χ4v) is 3.55. The van der Waals surface area contributed by atoms with E-state index in [4.69, 9.17) is 4.74 Å². The molecule has 0 bridgehead atoms. The van der Waals surface area contributed by atoms with Crippen molar-refractivity contribution in [2.45, 2.75) is 66.0 Å². The van der Waals surface area contributed by atoms with Gasteiger partial charge in [0, 0.05) is 18.2 Å². The Morgan fingerprint density at radius 2 is 1.53 bits per heavy atom. The Hall–Kier alpha value is -2.47. The molecule has 2 rings (SSSR count). The van der Waals surface area contributed by atoms with Crippen LogP contribution in [-0.2, 0) is 16.0 Å². The van der Waals surface area contributed by atoms with Crippen molar-refractivity contribution in [3.8, 4) is 11.1 Å². The van der Waals surface area contributed by atoms with Gasteiger partial charge in [-0.05, 0) is 50.3 Å². The minimum atomic E-state index is -0.576. The smallest absolute Gasteiger partial charge is 0.407 e. The average molecular weight is 459 g/mol. The zero-order valence-electron chi connectivity index (χ0n) is 20.4. The van der Waals surface area contributed by atoms with Crippen molar-refractivity contribution in [3.63, 3.8) is 0 Å². The minimum Gasteiger partial charge on any atom is -0.444 e. The summed E-state index contributed by atoms with van der Waals surface area (Å²) >= 11 is 1.28. The molecular weight excluding hydrogens is 420 g/mol. The summed E-state index contributed by atoms with van der Waals surface area (Å²) in [5.74, 6) is -0.279. The van der Waals surface area contributed by atoms with E-state index in [2.05, 4.69) is 46.4 Å². The molecule has 176 valence electrons. The number of carbonyl (C=O) groups is 2. The third-order valence-electron chi connectivity index (χ3n) is 4.55. The van der Waals surface area contributed by atoms with Gasteiger partial charge in [0.1, 0.15) is 5.60 Å². The molecule has 0 saturated heterocycles. The molecule has 6 heteroatoms. The molecule has 2 atom stereocenters. The number of nitrogens with one attached hydrogen (secondary N) is 2. The summed E-state index contributed by atoms with van der Waals surface area (Å²) in [5.41, 5.74) is 2.82. The number of hydrogen-bond donors (Lipinski definition) is 2. The Bertz CT molecular complexity index is 817. The van der Waals surface area contributed by atoms with Gasteiger partial charge in [0.25, 0.3) is 0 Å². The Kier molecular flexibility index (Phi) is 11.9. The second kappa shape index (κ2) is 13.8. The molecular formula is C26H38N2O3S. The summed E-state index contributed by atoms with van der Waals surface area (Å²) in [6.45, 7) is 11.4. The first kappa shape index (κ1) is 27.6. The van der Waals surface area contributed by atoms with Crippen LogP contribution in [-0.4, -0.2) is 29.9 Å². The second-order valence-corrected chi connectivity index (χ2v) is 9.03. The molecule has 5 nitrogen and oxygen atoms in total. The molecule has 0 spiro atoms. The lowest BCUT2D eigenvalue weighted by atomic mass is 9.94. The van der Waals surface area contributed by atoms with Crippen molar-refractivity contribution < 1.29 is 14.3 Å². The van der Waals surface area contributed by atoms with E-state index in [1.807, 2.05) is 66.0 Å². The molecule has 0 radical (unpaired) electrons. The Morgan fingerprint density at radius 3 is 2.06 bits per heavy atom. The molecule has 0 heterocycles. The van der Waals surface area contributed by atoms with Crippen molar-refractivity contribution in [3.05, 3.63) is 60.2 Å². The highest BCUT2D eigenvalue weighted by Crippen LogP contribution is 2.21. The second-order valence-electron chi connectivity index (χ2n) is 8.42. The van der Waals surface area contributed by atoms with Gasteiger partial charge in [-0.3, -0.25) is 4.79 Å². The molecule has 0 aliphatic rings. The highest BCUT2D eigenvalue weighted by molar-refractivity contribution is 7.97. The SMILES string of the molecule is CC.CSNC(=O)[C@H](C)CC(Cc1ccc(-c2ccccc2)cc1)NC(=O)OC(C)(C)C. The van der Waals surface area contributed by atoms with Crippen LogP contribution in [0, 0.1) is 5.92 Å². The van der Waals surface area contributed by atoms with Gasteiger partial charge in [-0.1, -0.05) is 87.3 Å². The van der Waals surface area contributed by atoms with Crippen LogP contribution in [0.15, 0.2) is 54.6 Å². The lowest BCUT2D eigenvalue weighted by Gasteiger charge is -2.25. The van der Waals surface area contributed by atoms with Gasteiger partial charge < -0.3 is 14.8 Å². The van der Waals surface area contributed by atoms with Gasteiger partial charge in [0.15, 0.2) is 0 Å². The van der Waals surface area contributed by atoms with Gasteiger partial charge in [-0.15, -0.1) is 0 Å². The molecule has 0 saturated carbocycles. The number of alkyl carbamates (subject to hydrolysis) is 1. The third-order valence-corrected chi connectivity index (χ3v) is 4.96. The quantitative estimate of drug-likeness (QED) is 0.460. The first-order valence-electron chi connectivity index (χ1n) is 11.1. The fourth-order valence-electron chi connectivity index (χ4n) is 3.15. The molecule has 0 aromatic heterocycles. The van der Waals surface area contributed by atoms with E-state index in [9.17, 15) is 9.59 Å². The van der Waals surface area contributed by atoms with Crippen molar-refractivity contribution in [1.82, 2.24) is 10.0 Å². The summed E-state index contributed by atoms with van der Waals surface area (Å²) in [6, 6.07) is 18.3. The highest BCUT2D eigenvalue weighted by Gasteiger charge is 2.23. The van der Waals surface area contributed by atoms with Crippen LogP contribution >= 0.6 is 11.9 Å². The van der Waals surface area contributed by atoms with Crippen molar-refractivity contribution in [2.75, 3.05) is 6.26 Å². The Morgan fingerprint density at radius 1 is 0.969 bits per heavy atom. The van der Waals surface area contributed by atoms with E-state index in [0.717, 1.165) is 16.7 Å². The van der Waals surface area contributed by atoms with Crippen LogP contribution in [0.5, 0.6) is 0 Å². The monoisotopic (exact) mass is 458 g/mol. The Labute approximate surface area is 197 Å². The topological polar surface area (TPSA) is 67.4 Å². The molecule has 0 aliphatic carbocycles. The molecule has 0 aliphatic heterocycles. The normalized spacial score (nSPS) is 12.6. The first-order chi connectivity index (χ1) is 15.2. The van der Waals surface area contributed by atoms with E-state index in [-0.39, 0.29) is 17.9 Å². The van der Waals surface area contributed by atoms with Gasteiger partial charge in [0.05, 0.1) is 0 Å². The van der Waals surface area contributed by atoms with Crippen LogP contribution in [0.4, 0.5) is 4.79 Å². The van der Waals surface area contributed by atoms with Crippen LogP contribution in [0.2, 0.25) is 0 Å². The van der Waals surface area contributed by atoms with Gasteiger partial charge in [-0.2, -0.15) is 0 Å². The lowest BCUT2D eigenvalue weighted by Crippen LogP contribution is -2.42. The number of benzene rings is 2. The molecule has 0 fully saturated rings. The molecule has 2 aromatic carbocycles. The maximum Gasteiger partial charge on any atom is 0.407 e. The van der Waals surface area contributed by atoms with Crippen LogP contribution in [0.3, 0.4) is 0 Å². The van der Waals surface area contributed by atoms with E-state index < -0.39 is 11.7 Å². The van der Waals surface area contributed by atoms with Gasteiger partial charge >= 0.3 is 6.09 Å². The van der Waals surface area contributed by atoms with Gasteiger partial charge in [-0.25, -0.2) is 4.79 Å². The lowest BCUT2D eigenvalue weighted by molar-refractivity contribution is -0.122. The predicted octanol–water partition coefficient (Wildman–Crippen LogP) is 6.24. The van der Waals surface area contributed by atoms with E-state index in [0.29, 0.717) is 12.8 Å². The van der Waals surface area contributed by atoms with Crippen molar-refractivity contribution in [1.29, 1.82) is 0 Å². The largest absolute Gasteiger partial charge is 0.444 e. The van der Waals surface area contributed by atoms with E-state index in [1.54, 1.807) is 0 Å². The molecule has 1 unspecified atom stereocenters. The number of rotatable bonds is 8. The maximum atomic E-state index is 12.3. The first-order valence-corrected chi connectivity index (χ1v) is 12.4. The van der Waals surface area contributed by atoms with E-state index in [1.165, 1.54) is 11.9 Å². The van der Waals surface area contributed by atoms with Crippen LogP contribution in [0.1, 0.15) is 53.5 Å². The highest BCUT2D eigenvalue weighted by atomic mass is 32.2. The molecule has 2 N–H and O–H groups in total. The average Bonchev–Trinajstić information content (AvgIpc) is 2.75. The zero-order chi connectivity index (χ0) is 24.1. The zero-order valence-corrected chi connectivity index (χ0v) is 21.2.